The van der Waals surface area contributed by atoms with Crippen LogP contribution in [0.4, 0.5) is 0 Å². The molecule has 2 heterocycles. The van der Waals surface area contributed by atoms with E-state index < -0.39 is 0 Å². The second kappa shape index (κ2) is 3.48. The number of carbonyl (C=O) groups is 1. The standard InChI is InChI=1S/C12H22N2O/c1-9(2)13-7-12(8-13)5-6-14(10(3)4)11(12)15/h9-10H,5-8H2,1-4H3. The predicted octanol–water partition coefficient (Wildman–Crippen LogP) is 1.34. The maximum absolute atomic E-state index is 12.2. The highest BCUT2D eigenvalue weighted by Gasteiger charge is 2.55. The van der Waals surface area contributed by atoms with Crippen molar-refractivity contribution in [2.75, 3.05) is 19.6 Å². The fourth-order valence-electron chi connectivity index (χ4n) is 2.73. The van der Waals surface area contributed by atoms with E-state index in [1.54, 1.807) is 0 Å². The second-order valence-corrected chi connectivity index (χ2v) is 5.62. The van der Waals surface area contributed by atoms with Gasteiger partial charge in [-0.25, -0.2) is 0 Å². The Kier molecular flexibility index (Phi) is 2.53. The molecule has 0 aliphatic carbocycles. The van der Waals surface area contributed by atoms with Gasteiger partial charge in [0.15, 0.2) is 0 Å². The predicted molar refractivity (Wildman–Crippen MR) is 60.6 cm³/mol. The van der Waals surface area contributed by atoms with Gasteiger partial charge >= 0.3 is 0 Å². The molecule has 0 aromatic heterocycles. The summed E-state index contributed by atoms with van der Waals surface area (Å²) in [6.45, 7) is 11.5. The average Bonchev–Trinajstić information content (AvgIpc) is 2.39. The summed E-state index contributed by atoms with van der Waals surface area (Å²) in [6, 6.07) is 0.946. The topological polar surface area (TPSA) is 23.6 Å². The second-order valence-electron chi connectivity index (χ2n) is 5.62. The first kappa shape index (κ1) is 10.9. The van der Waals surface area contributed by atoms with Crippen molar-refractivity contribution in [2.45, 2.75) is 46.2 Å². The molecule has 0 radical (unpaired) electrons. The zero-order valence-electron chi connectivity index (χ0n) is 10.3. The minimum atomic E-state index is -0.00542. The molecule has 3 heteroatoms. The van der Waals surface area contributed by atoms with Crippen LogP contribution >= 0.6 is 0 Å². The van der Waals surface area contributed by atoms with Crippen LogP contribution in [0.15, 0.2) is 0 Å². The Morgan fingerprint density at radius 1 is 1.13 bits per heavy atom. The van der Waals surface area contributed by atoms with E-state index in [0.29, 0.717) is 18.0 Å². The molecule has 2 aliphatic heterocycles. The number of rotatable bonds is 2. The summed E-state index contributed by atoms with van der Waals surface area (Å²) in [5, 5.41) is 0. The van der Waals surface area contributed by atoms with Crippen LogP contribution in [0.3, 0.4) is 0 Å². The zero-order valence-corrected chi connectivity index (χ0v) is 10.3. The first-order valence-corrected chi connectivity index (χ1v) is 6.01. The minimum Gasteiger partial charge on any atom is -0.340 e. The molecular weight excluding hydrogens is 188 g/mol. The number of hydrogen-bond donors (Lipinski definition) is 0. The van der Waals surface area contributed by atoms with Crippen LogP contribution in [0, 0.1) is 5.41 Å². The molecule has 2 saturated heterocycles. The molecule has 2 fully saturated rings. The quantitative estimate of drug-likeness (QED) is 0.686. The maximum atomic E-state index is 12.2. The monoisotopic (exact) mass is 210 g/mol. The minimum absolute atomic E-state index is 0.00542. The fraction of sp³-hybridized carbons (Fsp3) is 0.917. The van der Waals surface area contributed by atoms with E-state index in [1.165, 1.54) is 0 Å². The molecule has 1 spiro atoms. The van der Waals surface area contributed by atoms with Crippen molar-refractivity contribution in [3.63, 3.8) is 0 Å². The highest BCUT2D eigenvalue weighted by Crippen LogP contribution is 2.42. The number of nitrogens with zero attached hydrogens (tertiary/aromatic N) is 2. The Morgan fingerprint density at radius 2 is 1.73 bits per heavy atom. The lowest BCUT2D eigenvalue weighted by Crippen LogP contribution is -2.62. The van der Waals surface area contributed by atoms with Gasteiger partial charge in [-0.1, -0.05) is 0 Å². The van der Waals surface area contributed by atoms with Crippen LogP contribution < -0.4 is 0 Å². The van der Waals surface area contributed by atoms with Gasteiger partial charge in [0.25, 0.3) is 0 Å². The normalized spacial score (nSPS) is 25.7. The average molecular weight is 210 g/mol. The molecular formula is C12H22N2O. The molecule has 0 aromatic rings. The van der Waals surface area contributed by atoms with Gasteiger partial charge in [0, 0.05) is 31.7 Å². The van der Waals surface area contributed by atoms with Crippen LogP contribution in [0.25, 0.3) is 0 Å². The van der Waals surface area contributed by atoms with Crippen LogP contribution in [-0.4, -0.2) is 47.4 Å². The number of likely N-dealkylation sites (tertiary alicyclic amines) is 2. The van der Waals surface area contributed by atoms with Crippen molar-refractivity contribution in [2.24, 2.45) is 5.41 Å². The molecule has 1 amide bonds. The lowest BCUT2D eigenvalue weighted by Gasteiger charge is -2.48. The van der Waals surface area contributed by atoms with Crippen molar-refractivity contribution < 1.29 is 4.79 Å². The molecule has 3 nitrogen and oxygen atoms in total. The van der Waals surface area contributed by atoms with Crippen LogP contribution in [0.2, 0.25) is 0 Å². The summed E-state index contributed by atoms with van der Waals surface area (Å²) in [4.78, 5) is 16.6. The molecule has 0 unspecified atom stereocenters. The van der Waals surface area contributed by atoms with Crippen LogP contribution in [-0.2, 0) is 4.79 Å². The van der Waals surface area contributed by atoms with Gasteiger partial charge in [-0.05, 0) is 34.1 Å². The summed E-state index contributed by atoms with van der Waals surface area (Å²) in [5.74, 6) is 0.398. The van der Waals surface area contributed by atoms with E-state index in [0.717, 1.165) is 26.1 Å². The summed E-state index contributed by atoms with van der Waals surface area (Å²) in [5.41, 5.74) is -0.00542. The van der Waals surface area contributed by atoms with Crippen molar-refractivity contribution in [3.05, 3.63) is 0 Å². The third kappa shape index (κ3) is 1.57. The Bertz CT molecular complexity index is 267. The first-order chi connectivity index (χ1) is 6.96. The van der Waals surface area contributed by atoms with Gasteiger partial charge in [-0.3, -0.25) is 9.69 Å². The lowest BCUT2D eigenvalue weighted by molar-refractivity contribution is -0.147. The van der Waals surface area contributed by atoms with E-state index in [4.69, 9.17) is 0 Å². The van der Waals surface area contributed by atoms with E-state index >= 15 is 0 Å². The molecule has 15 heavy (non-hydrogen) atoms. The third-order valence-corrected chi connectivity index (χ3v) is 3.91. The Hall–Kier alpha value is -0.570. The summed E-state index contributed by atoms with van der Waals surface area (Å²) >= 11 is 0. The van der Waals surface area contributed by atoms with Crippen LogP contribution in [0.1, 0.15) is 34.1 Å². The van der Waals surface area contributed by atoms with Gasteiger partial charge < -0.3 is 4.90 Å². The SMILES string of the molecule is CC(C)N1CC2(CCN(C(C)C)C2=O)C1. The zero-order chi connectivity index (χ0) is 11.2. The van der Waals surface area contributed by atoms with Gasteiger partial charge in [0.05, 0.1) is 5.41 Å². The van der Waals surface area contributed by atoms with Gasteiger partial charge in [-0.2, -0.15) is 0 Å². The highest BCUT2D eigenvalue weighted by atomic mass is 16.2. The van der Waals surface area contributed by atoms with E-state index in [9.17, 15) is 4.79 Å². The smallest absolute Gasteiger partial charge is 0.231 e. The summed E-state index contributed by atoms with van der Waals surface area (Å²) in [6.07, 6.45) is 1.06. The first-order valence-electron chi connectivity index (χ1n) is 6.01. The lowest BCUT2D eigenvalue weighted by atomic mass is 9.77. The van der Waals surface area contributed by atoms with E-state index in [-0.39, 0.29) is 5.41 Å². The number of amides is 1. The molecule has 0 atom stereocenters. The number of carbonyl (C=O) groups excluding carboxylic acids is 1. The van der Waals surface area contributed by atoms with Gasteiger partial charge in [0.2, 0.25) is 5.91 Å². The summed E-state index contributed by atoms with van der Waals surface area (Å²) in [7, 11) is 0. The third-order valence-electron chi connectivity index (χ3n) is 3.91. The van der Waals surface area contributed by atoms with Crippen molar-refractivity contribution in [3.8, 4) is 0 Å². The van der Waals surface area contributed by atoms with Gasteiger partial charge in [-0.15, -0.1) is 0 Å². The Morgan fingerprint density at radius 3 is 2.13 bits per heavy atom. The Balaban J connectivity index is 2.00. The van der Waals surface area contributed by atoms with Gasteiger partial charge in [0.1, 0.15) is 0 Å². The van der Waals surface area contributed by atoms with E-state index in [2.05, 4.69) is 32.6 Å². The molecule has 2 rings (SSSR count). The molecule has 86 valence electrons. The summed E-state index contributed by atoms with van der Waals surface area (Å²) < 4.78 is 0. The molecule has 0 saturated carbocycles. The highest BCUT2D eigenvalue weighted by molar-refractivity contribution is 5.86. The maximum Gasteiger partial charge on any atom is 0.231 e. The van der Waals surface area contributed by atoms with Crippen molar-refractivity contribution in [1.29, 1.82) is 0 Å². The van der Waals surface area contributed by atoms with Crippen molar-refractivity contribution in [1.82, 2.24) is 9.80 Å². The molecule has 0 bridgehead atoms. The fourth-order valence-corrected chi connectivity index (χ4v) is 2.73. The Labute approximate surface area is 92.4 Å². The molecule has 0 N–H and O–H groups in total. The van der Waals surface area contributed by atoms with Crippen molar-refractivity contribution >= 4 is 5.91 Å². The molecule has 0 aromatic carbocycles. The largest absolute Gasteiger partial charge is 0.340 e. The van der Waals surface area contributed by atoms with Crippen LogP contribution in [0.5, 0.6) is 0 Å². The van der Waals surface area contributed by atoms with E-state index in [1.807, 2.05) is 4.90 Å². The number of hydrogen-bond acceptors (Lipinski definition) is 2. The molecule has 2 aliphatic rings.